The molecule has 3 N–H and O–H groups in total. The second-order valence-electron chi connectivity index (χ2n) is 7.42. The number of hydrogen-bond donors (Lipinski definition) is 2. The molecular formula is C19H22N4O3. The molecule has 0 spiro atoms. The van der Waals surface area contributed by atoms with Crippen molar-refractivity contribution in [3.63, 3.8) is 0 Å². The first-order valence-electron chi connectivity index (χ1n) is 8.82. The summed E-state index contributed by atoms with van der Waals surface area (Å²) < 4.78 is 11.2. The lowest BCUT2D eigenvalue weighted by Crippen LogP contribution is -2.63. The molecule has 7 heteroatoms. The zero-order valence-electron chi connectivity index (χ0n) is 14.7. The highest BCUT2D eigenvalue weighted by Crippen LogP contribution is 2.45. The molecule has 7 nitrogen and oxygen atoms in total. The maximum Gasteiger partial charge on any atom is 0.213 e. The fourth-order valence-corrected chi connectivity index (χ4v) is 4.07. The van der Waals surface area contributed by atoms with Gasteiger partial charge >= 0.3 is 0 Å². The van der Waals surface area contributed by atoms with Crippen LogP contribution in [0.25, 0.3) is 11.0 Å². The summed E-state index contributed by atoms with van der Waals surface area (Å²) in [7, 11) is 1.54. The molecule has 2 bridgehead atoms. The van der Waals surface area contributed by atoms with E-state index in [-0.39, 0.29) is 12.0 Å². The van der Waals surface area contributed by atoms with E-state index in [1.165, 1.54) is 6.20 Å². The molecule has 5 rings (SSSR count). The van der Waals surface area contributed by atoms with Crippen LogP contribution in [-0.2, 0) is 11.2 Å². The Morgan fingerprint density at radius 3 is 2.77 bits per heavy atom. The van der Waals surface area contributed by atoms with Crippen LogP contribution in [0.5, 0.6) is 5.88 Å². The Hall–Kier alpha value is -2.27. The van der Waals surface area contributed by atoms with Gasteiger partial charge in [0, 0.05) is 29.8 Å². The van der Waals surface area contributed by atoms with E-state index in [1.807, 2.05) is 0 Å². The van der Waals surface area contributed by atoms with E-state index < -0.39 is 11.7 Å². The lowest BCUT2D eigenvalue weighted by Gasteiger charge is -2.53. The molecule has 3 fully saturated rings. The number of nitrogens with zero attached hydrogens (tertiary/aromatic N) is 3. The fourth-order valence-electron chi connectivity index (χ4n) is 4.07. The van der Waals surface area contributed by atoms with Gasteiger partial charge in [0.25, 0.3) is 0 Å². The molecule has 3 aliphatic rings. The summed E-state index contributed by atoms with van der Waals surface area (Å²) in [6.07, 6.45) is 4.22. The lowest BCUT2D eigenvalue weighted by molar-refractivity contribution is -0.201. The number of fused-ring (bicyclic) bond motifs is 4. The number of nitrogens with two attached hydrogens (primary N) is 1. The smallest absolute Gasteiger partial charge is 0.213 e. The number of aliphatic hydroxyl groups is 1. The van der Waals surface area contributed by atoms with Gasteiger partial charge in [-0.25, -0.2) is 4.98 Å². The van der Waals surface area contributed by atoms with Crippen molar-refractivity contribution < 1.29 is 14.6 Å². The van der Waals surface area contributed by atoms with E-state index in [0.29, 0.717) is 34.6 Å². The molecule has 2 aromatic rings. The number of ether oxygens (including phenoxy) is 2. The molecule has 1 unspecified atom stereocenters. The zero-order valence-corrected chi connectivity index (χ0v) is 14.7. The summed E-state index contributed by atoms with van der Waals surface area (Å²) in [5.74, 6) is 0.447. The Morgan fingerprint density at radius 1 is 1.38 bits per heavy atom. The van der Waals surface area contributed by atoms with Gasteiger partial charge in [-0.2, -0.15) is 5.26 Å². The average Bonchev–Trinajstić information content (AvgIpc) is 2.68. The molecule has 1 atom stereocenters. The fraction of sp³-hybridized carbons (Fsp3) is 0.526. The van der Waals surface area contributed by atoms with Crippen LogP contribution in [0.1, 0.15) is 36.8 Å². The predicted molar refractivity (Wildman–Crippen MR) is 94.6 cm³/mol. The molecule has 1 aliphatic carbocycles. The Kier molecular flexibility index (Phi) is 4.07. The second-order valence-corrected chi connectivity index (χ2v) is 7.42. The van der Waals surface area contributed by atoms with E-state index in [1.54, 1.807) is 19.2 Å². The number of aliphatic hydroxyl groups excluding tert-OH is 1. The molecule has 136 valence electrons. The Morgan fingerprint density at radius 2 is 2.15 bits per heavy atom. The molecule has 2 aromatic heterocycles. The highest BCUT2D eigenvalue weighted by Gasteiger charge is 2.51. The lowest BCUT2D eigenvalue weighted by atomic mass is 9.68. The summed E-state index contributed by atoms with van der Waals surface area (Å²) in [5.41, 5.74) is 7.77. The van der Waals surface area contributed by atoms with Gasteiger partial charge in [-0.15, -0.1) is 0 Å². The van der Waals surface area contributed by atoms with Gasteiger partial charge in [0.1, 0.15) is 6.07 Å². The van der Waals surface area contributed by atoms with Crippen molar-refractivity contribution in [3.05, 3.63) is 29.5 Å². The number of pyridine rings is 2. The molecule has 0 amide bonds. The summed E-state index contributed by atoms with van der Waals surface area (Å²) in [6.45, 7) is 0.471. The maximum atomic E-state index is 11.0. The summed E-state index contributed by atoms with van der Waals surface area (Å²) in [6, 6.07) is 5.70. The molecule has 1 saturated carbocycles. The van der Waals surface area contributed by atoms with Gasteiger partial charge in [0.15, 0.2) is 0 Å². The quantitative estimate of drug-likeness (QED) is 0.854. The van der Waals surface area contributed by atoms with Crippen molar-refractivity contribution in [2.45, 2.75) is 49.3 Å². The van der Waals surface area contributed by atoms with Crippen molar-refractivity contribution in [2.24, 2.45) is 5.73 Å². The van der Waals surface area contributed by atoms with Gasteiger partial charge < -0.3 is 20.3 Å². The third kappa shape index (κ3) is 2.71. The number of nitriles is 1. The van der Waals surface area contributed by atoms with E-state index >= 15 is 0 Å². The first kappa shape index (κ1) is 17.2. The first-order chi connectivity index (χ1) is 12.5. The van der Waals surface area contributed by atoms with Crippen LogP contribution in [0, 0.1) is 11.3 Å². The van der Waals surface area contributed by atoms with Crippen molar-refractivity contribution in [1.29, 1.82) is 5.26 Å². The molecule has 0 aromatic carbocycles. The summed E-state index contributed by atoms with van der Waals surface area (Å²) in [5, 5.41) is 20.6. The van der Waals surface area contributed by atoms with Crippen molar-refractivity contribution in [1.82, 2.24) is 9.97 Å². The number of methoxy groups -OCH3 is 1. The predicted octanol–water partition coefficient (Wildman–Crippen LogP) is 1.45. The van der Waals surface area contributed by atoms with Gasteiger partial charge in [0.2, 0.25) is 5.88 Å². The second kappa shape index (κ2) is 6.16. The first-order valence-corrected chi connectivity index (χ1v) is 8.82. The van der Waals surface area contributed by atoms with E-state index in [2.05, 4.69) is 16.0 Å². The van der Waals surface area contributed by atoms with Crippen LogP contribution < -0.4 is 10.5 Å². The SMILES string of the molecule is COc1ccc2ncc(C#N)c(CC(O)C34CCC(N)(CC3)CO4)c2n1. The molecule has 2 aliphatic heterocycles. The minimum absolute atomic E-state index is 0.252. The topological polar surface area (TPSA) is 114 Å². The van der Waals surface area contributed by atoms with E-state index in [0.717, 1.165) is 25.7 Å². The minimum Gasteiger partial charge on any atom is -0.481 e. The van der Waals surface area contributed by atoms with Crippen molar-refractivity contribution in [3.8, 4) is 11.9 Å². The van der Waals surface area contributed by atoms with Crippen molar-refractivity contribution in [2.75, 3.05) is 13.7 Å². The maximum absolute atomic E-state index is 11.0. The Balaban J connectivity index is 1.71. The number of rotatable bonds is 4. The molecular weight excluding hydrogens is 332 g/mol. The highest BCUT2D eigenvalue weighted by molar-refractivity contribution is 5.80. The number of hydrogen-bond acceptors (Lipinski definition) is 7. The largest absolute Gasteiger partial charge is 0.481 e. The van der Waals surface area contributed by atoms with Gasteiger partial charge in [-0.05, 0) is 31.7 Å². The van der Waals surface area contributed by atoms with E-state index in [4.69, 9.17) is 15.2 Å². The van der Waals surface area contributed by atoms with Crippen molar-refractivity contribution >= 4 is 11.0 Å². The Bertz CT molecular complexity index is 868. The van der Waals surface area contributed by atoms with Crippen LogP contribution >= 0.6 is 0 Å². The average molecular weight is 354 g/mol. The minimum atomic E-state index is -0.738. The number of aromatic nitrogens is 2. The normalized spacial score (nSPS) is 28.7. The van der Waals surface area contributed by atoms with Gasteiger partial charge in [-0.1, -0.05) is 0 Å². The van der Waals surface area contributed by atoms with Crippen LogP contribution in [-0.4, -0.2) is 46.0 Å². The van der Waals surface area contributed by atoms with Crippen LogP contribution in [0.4, 0.5) is 0 Å². The monoisotopic (exact) mass is 354 g/mol. The van der Waals surface area contributed by atoms with Gasteiger partial charge in [-0.3, -0.25) is 4.98 Å². The molecule has 2 saturated heterocycles. The zero-order chi connectivity index (χ0) is 18.4. The molecule has 4 heterocycles. The van der Waals surface area contributed by atoms with Crippen LogP contribution in [0.3, 0.4) is 0 Å². The highest BCUT2D eigenvalue weighted by atomic mass is 16.5. The molecule has 0 radical (unpaired) electrons. The summed E-state index contributed by atoms with van der Waals surface area (Å²) >= 11 is 0. The summed E-state index contributed by atoms with van der Waals surface area (Å²) in [4.78, 5) is 8.75. The van der Waals surface area contributed by atoms with Gasteiger partial charge in [0.05, 0.1) is 42.0 Å². The third-order valence-electron chi connectivity index (χ3n) is 5.87. The standard InChI is InChI=1S/C19H22N4O3/c1-25-16-3-2-14-17(23-16)13(12(9-20)10-22-14)8-15(24)19-6-4-18(21,5-7-19)11-26-19/h2-3,10,15,24H,4-8,11,21H2,1H3. The van der Waals surface area contributed by atoms with Crippen LogP contribution in [0.2, 0.25) is 0 Å². The van der Waals surface area contributed by atoms with Crippen LogP contribution in [0.15, 0.2) is 18.3 Å². The Labute approximate surface area is 151 Å². The third-order valence-corrected chi connectivity index (χ3v) is 5.87. The van der Waals surface area contributed by atoms with E-state index in [9.17, 15) is 10.4 Å². The molecule has 26 heavy (non-hydrogen) atoms.